The Balaban J connectivity index is 2.27. The maximum atomic E-state index is 12.9. The highest BCUT2D eigenvalue weighted by Gasteiger charge is 2.02. The van der Waals surface area contributed by atoms with E-state index in [-0.39, 0.29) is 5.82 Å². The number of nitrogens with one attached hydrogen (secondary N) is 2. The van der Waals surface area contributed by atoms with Crippen molar-refractivity contribution >= 4 is 17.7 Å². The molecule has 0 fully saturated rings. The second kappa shape index (κ2) is 13.1. The van der Waals surface area contributed by atoms with Crippen molar-refractivity contribution in [2.24, 2.45) is 4.99 Å². The maximum absolute atomic E-state index is 12.9. The molecule has 6 heteroatoms. The predicted octanol–water partition coefficient (Wildman–Crippen LogP) is 2.96. The average molecular weight is 355 g/mol. The molecule has 136 valence electrons. The van der Waals surface area contributed by atoms with Crippen molar-refractivity contribution in [1.29, 1.82) is 0 Å². The summed E-state index contributed by atoms with van der Waals surface area (Å²) >= 11 is 1.88. The van der Waals surface area contributed by atoms with Crippen LogP contribution in [0.5, 0.6) is 0 Å². The first-order valence-electron chi connectivity index (χ1n) is 8.59. The molecule has 1 aromatic carbocycles. The Morgan fingerprint density at radius 2 is 1.96 bits per heavy atom. The highest BCUT2D eigenvalue weighted by atomic mass is 32.2. The summed E-state index contributed by atoms with van der Waals surface area (Å²) in [6.07, 6.45) is 4.48. The molecule has 2 N–H and O–H groups in total. The van der Waals surface area contributed by atoms with Crippen LogP contribution in [-0.2, 0) is 6.54 Å². The highest BCUT2D eigenvalue weighted by molar-refractivity contribution is 7.98. The summed E-state index contributed by atoms with van der Waals surface area (Å²) in [4.78, 5) is 6.81. The number of likely N-dealkylation sites (N-methyl/N-ethyl adjacent to an activating group) is 1. The molecule has 0 aliphatic rings. The van der Waals surface area contributed by atoms with E-state index in [1.54, 1.807) is 0 Å². The zero-order valence-corrected chi connectivity index (χ0v) is 16.0. The summed E-state index contributed by atoms with van der Waals surface area (Å²) in [7, 11) is 2.07. The topological polar surface area (TPSA) is 39.7 Å². The lowest BCUT2D eigenvalue weighted by molar-refractivity contribution is 0.331. The van der Waals surface area contributed by atoms with Gasteiger partial charge in [0.1, 0.15) is 5.82 Å². The van der Waals surface area contributed by atoms with Crippen LogP contribution in [-0.4, -0.2) is 56.1 Å². The third-order valence-electron chi connectivity index (χ3n) is 3.52. The molecule has 1 rings (SSSR count). The average Bonchev–Trinajstić information content (AvgIpc) is 2.56. The number of thioether (sulfide) groups is 1. The van der Waals surface area contributed by atoms with Gasteiger partial charge in [-0.25, -0.2) is 4.39 Å². The van der Waals surface area contributed by atoms with E-state index in [0.717, 1.165) is 50.7 Å². The van der Waals surface area contributed by atoms with Crippen LogP contribution in [0.1, 0.15) is 25.3 Å². The van der Waals surface area contributed by atoms with Crippen LogP contribution < -0.4 is 10.6 Å². The maximum Gasteiger partial charge on any atom is 0.191 e. The first-order chi connectivity index (χ1) is 11.7. The number of aliphatic imine (C=N–C) groups is 1. The minimum absolute atomic E-state index is 0.188. The van der Waals surface area contributed by atoms with Crippen molar-refractivity contribution in [1.82, 2.24) is 15.5 Å². The summed E-state index contributed by atoms with van der Waals surface area (Å²) in [5.74, 6) is 1.90. The van der Waals surface area contributed by atoms with Gasteiger partial charge in [-0.05, 0) is 56.5 Å². The lowest BCUT2D eigenvalue weighted by atomic mass is 10.2. The van der Waals surface area contributed by atoms with Crippen molar-refractivity contribution in [3.63, 3.8) is 0 Å². The lowest BCUT2D eigenvalue weighted by Gasteiger charge is -2.18. The monoisotopic (exact) mass is 354 g/mol. The number of unbranched alkanes of at least 4 members (excludes halogenated alkanes) is 1. The molecular weight excluding hydrogens is 323 g/mol. The smallest absolute Gasteiger partial charge is 0.191 e. The third kappa shape index (κ3) is 9.78. The van der Waals surface area contributed by atoms with E-state index < -0.39 is 0 Å². The van der Waals surface area contributed by atoms with E-state index in [4.69, 9.17) is 0 Å². The van der Waals surface area contributed by atoms with Crippen LogP contribution in [0, 0.1) is 5.82 Å². The Morgan fingerprint density at radius 3 is 2.62 bits per heavy atom. The molecule has 4 nitrogen and oxygen atoms in total. The van der Waals surface area contributed by atoms with Crippen LogP contribution in [0.25, 0.3) is 0 Å². The van der Waals surface area contributed by atoms with Crippen molar-refractivity contribution in [3.05, 3.63) is 35.6 Å². The van der Waals surface area contributed by atoms with Gasteiger partial charge in [0.15, 0.2) is 5.96 Å². The van der Waals surface area contributed by atoms with E-state index in [1.807, 2.05) is 23.9 Å². The van der Waals surface area contributed by atoms with Gasteiger partial charge in [0, 0.05) is 32.7 Å². The van der Waals surface area contributed by atoms with E-state index in [2.05, 4.69) is 40.8 Å². The Kier molecular flexibility index (Phi) is 11.3. The quantitative estimate of drug-likeness (QED) is 0.364. The zero-order chi connectivity index (χ0) is 17.6. The number of nitrogens with zero attached hydrogens (tertiary/aromatic N) is 2. The number of rotatable bonds is 11. The second-order valence-corrected chi connectivity index (χ2v) is 6.74. The fourth-order valence-corrected chi connectivity index (χ4v) is 2.73. The normalized spacial score (nSPS) is 11.8. The van der Waals surface area contributed by atoms with Crippen molar-refractivity contribution in [2.75, 3.05) is 45.2 Å². The number of guanidine groups is 1. The number of halogens is 1. The molecule has 0 aromatic heterocycles. The minimum atomic E-state index is -0.188. The number of hydrogen-bond acceptors (Lipinski definition) is 3. The van der Waals surface area contributed by atoms with Gasteiger partial charge in [-0.3, -0.25) is 4.99 Å². The molecular formula is C18H31FN4S. The van der Waals surface area contributed by atoms with Crippen molar-refractivity contribution in [2.45, 2.75) is 26.3 Å². The molecule has 1 aromatic rings. The van der Waals surface area contributed by atoms with Crippen molar-refractivity contribution < 1.29 is 4.39 Å². The molecule has 0 unspecified atom stereocenters. The van der Waals surface area contributed by atoms with E-state index >= 15 is 0 Å². The van der Waals surface area contributed by atoms with Gasteiger partial charge in [0.2, 0.25) is 0 Å². The second-order valence-electron chi connectivity index (χ2n) is 5.75. The molecule has 0 radical (unpaired) electrons. The minimum Gasteiger partial charge on any atom is -0.357 e. The molecule has 0 atom stereocenters. The first-order valence-corrected chi connectivity index (χ1v) is 9.99. The van der Waals surface area contributed by atoms with Gasteiger partial charge in [0.25, 0.3) is 0 Å². The molecule has 0 aliphatic carbocycles. The highest BCUT2D eigenvalue weighted by Crippen LogP contribution is 2.05. The van der Waals surface area contributed by atoms with Crippen LogP contribution in [0.3, 0.4) is 0 Å². The lowest BCUT2D eigenvalue weighted by Crippen LogP contribution is -2.41. The summed E-state index contributed by atoms with van der Waals surface area (Å²) in [5.41, 5.74) is 1.12. The molecule has 0 saturated heterocycles. The molecule has 24 heavy (non-hydrogen) atoms. The van der Waals surface area contributed by atoms with Crippen LogP contribution in [0.4, 0.5) is 4.39 Å². The summed E-state index contributed by atoms with van der Waals surface area (Å²) in [6, 6.07) is 6.68. The third-order valence-corrected chi connectivity index (χ3v) is 4.22. The Hall–Kier alpha value is -1.27. The fourth-order valence-electron chi connectivity index (χ4n) is 2.24. The summed E-state index contributed by atoms with van der Waals surface area (Å²) in [6.45, 7) is 6.34. The molecule has 0 saturated carbocycles. The van der Waals surface area contributed by atoms with Gasteiger partial charge < -0.3 is 15.5 Å². The van der Waals surface area contributed by atoms with Crippen LogP contribution >= 0.6 is 11.8 Å². The molecule has 0 amide bonds. The van der Waals surface area contributed by atoms with E-state index in [0.29, 0.717) is 0 Å². The summed E-state index contributed by atoms with van der Waals surface area (Å²) < 4.78 is 12.9. The van der Waals surface area contributed by atoms with Crippen molar-refractivity contribution in [3.8, 4) is 0 Å². The van der Waals surface area contributed by atoms with Gasteiger partial charge in [-0.1, -0.05) is 12.1 Å². The SMILES string of the molecule is CCNC(=NCCCCSC)NCCN(C)Cc1ccc(F)cc1. The Morgan fingerprint density at radius 1 is 1.21 bits per heavy atom. The number of hydrogen-bond donors (Lipinski definition) is 2. The van der Waals surface area contributed by atoms with Crippen LogP contribution in [0.15, 0.2) is 29.3 Å². The first kappa shape index (κ1) is 20.8. The van der Waals surface area contributed by atoms with Gasteiger partial charge in [-0.15, -0.1) is 0 Å². The summed E-state index contributed by atoms with van der Waals surface area (Å²) in [5, 5.41) is 6.65. The van der Waals surface area contributed by atoms with E-state index in [9.17, 15) is 4.39 Å². The largest absolute Gasteiger partial charge is 0.357 e. The van der Waals surface area contributed by atoms with Gasteiger partial charge in [-0.2, -0.15) is 11.8 Å². The van der Waals surface area contributed by atoms with Crippen LogP contribution in [0.2, 0.25) is 0 Å². The van der Waals surface area contributed by atoms with Gasteiger partial charge in [0.05, 0.1) is 0 Å². The molecule has 0 heterocycles. The Labute approximate surface area is 150 Å². The molecule has 0 aliphatic heterocycles. The zero-order valence-electron chi connectivity index (χ0n) is 15.1. The van der Waals surface area contributed by atoms with E-state index in [1.165, 1.54) is 24.3 Å². The predicted molar refractivity (Wildman–Crippen MR) is 104 cm³/mol. The number of benzene rings is 1. The van der Waals surface area contributed by atoms with Gasteiger partial charge >= 0.3 is 0 Å². The molecule has 0 bridgehead atoms. The fraction of sp³-hybridized carbons (Fsp3) is 0.611. The molecule has 0 spiro atoms. The standard InChI is InChI=1S/C18H31FN4S/c1-4-20-18(21-11-5-6-14-24-3)22-12-13-23(2)15-16-7-9-17(19)10-8-16/h7-10H,4-6,11-15H2,1-3H3,(H2,20,21,22). The Bertz CT molecular complexity index is 465.